The average Bonchev–Trinajstić information content (AvgIpc) is 2.99. The fraction of sp³-hybridized carbons (Fsp3) is 0.438. The summed E-state index contributed by atoms with van der Waals surface area (Å²) in [6.45, 7) is 5.33. The molecule has 0 aliphatic heterocycles. The molecule has 4 heteroatoms. The number of nitrogens with zero attached hydrogens (tertiary/aromatic N) is 1. The summed E-state index contributed by atoms with van der Waals surface area (Å²) in [5, 5.41) is 9.02. The molecule has 108 valence electrons. The van der Waals surface area contributed by atoms with Crippen LogP contribution in [0.15, 0.2) is 35.7 Å². The Morgan fingerprint density at radius 3 is 2.65 bits per heavy atom. The Morgan fingerprint density at radius 2 is 1.95 bits per heavy atom. The molecule has 0 saturated carbocycles. The smallest absolute Gasteiger partial charge is 0.128 e. The summed E-state index contributed by atoms with van der Waals surface area (Å²) in [4.78, 5) is 6.00. The molecule has 1 unspecified atom stereocenters. The lowest BCUT2D eigenvalue weighted by Crippen LogP contribution is -2.11. The lowest BCUT2D eigenvalue weighted by molar-refractivity contribution is 0.685. The van der Waals surface area contributed by atoms with Crippen LogP contribution < -0.4 is 10.6 Å². The third kappa shape index (κ3) is 4.23. The number of rotatable bonds is 8. The molecule has 0 spiro atoms. The van der Waals surface area contributed by atoms with Crippen molar-refractivity contribution < 1.29 is 0 Å². The first kappa shape index (κ1) is 14.9. The van der Waals surface area contributed by atoms with E-state index in [1.165, 1.54) is 4.88 Å². The van der Waals surface area contributed by atoms with Crippen molar-refractivity contribution in [3.05, 3.63) is 40.6 Å². The Hall–Kier alpha value is -1.55. The van der Waals surface area contributed by atoms with Gasteiger partial charge >= 0.3 is 0 Å². The maximum absolute atomic E-state index is 4.62. The zero-order chi connectivity index (χ0) is 14.2. The van der Waals surface area contributed by atoms with Gasteiger partial charge in [0.2, 0.25) is 0 Å². The minimum Gasteiger partial charge on any atom is -0.370 e. The second kappa shape index (κ2) is 7.90. The fourth-order valence-electron chi connectivity index (χ4n) is 2.11. The zero-order valence-electron chi connectivity index (χ0n) is 12.2. The molecule has 0 amide bonds. The molecule has 2 heterocycles. The normalized spacial score (nSPS) is 12.1. The Labute approximate surface area is 125 Å². The van der Waals surface area contributed by atoms with E-state index in [2.05, 4.69) is 47.0 Å². The monoisotopic (exact) mass is 289 g/mol. The van der Waals surface area contributed by atoms with Crippen molar-refractivity contribution in [2.24, 2.45) is 0 Å². The van der Waals surface area contributed by atoms with E-state index in [1.807, 2.05) is 18.2 Å². The molecule has 1 atom stereocenters. The maximum atomic E-state index is 4.62. The standard InChI is InChI=1S/C16H23N3S/c1-3-7-13(14-8-6-12-20-14)18-16-10-5-9-15(19-16)17-11-4-2/h5-6,8-10,12-13H,3-4,7,11H2,1-2H3,(H2,17,18,19). The van der Waals surface area contributed by atoms with Gasteiger partial charge in [0.05, 0.1) is 6.04 Å². The molecule has 2 N–H and O–H groups in total. The van der Waals surface area contributed by atoms with Crippen molar-refractivity contribution >= 4 is 23.0 Å². The minimum absolute atomic E-state index is 0.355. The van der Waals surface area contributed by atoms with Gasteiger partial charge in [-0.05, 0) is 36.4 Å². The summed E-state index contributed by atoms with van der Waals surface area (Å²) in [5.41, 5.74) is 0. The Bertz CT molecular complexity index is 496. The van der Waals surface area contributed by atoms with E-state index in [0.29, 0.717) is 6.04 Å². The van der Waals surface area contributed by atoms with E-state index in [9.17, 15) is 0 Å². The summed E-state index contributed by atoms with van der Waals surface area (Å²) >= 11 is 1.80. The molecular weight excluding hydrogens is 266 g/mol. The second-order valence-electron chi connectivity index (χ2n) is 4.84. The number of thiophene rings is 1. The Balaban J connectivity index is 2.06. The van der Waals surface area contributed by atoms with Gasteiger partial charge in [0.1, 0.15) is 11.6 Å². The number of hydrogen-bond donors (Lipinski definition) is 2. The van der Waals surface area contributed by atoms with Crippen LogP contribution in [-0.4, -0.2) is 11.5 Å². The molecule has 0 bridgehead atoms. The molecule has 0 aliphatic carbocycles. The first-order valence-corrected chi connectivity index (χ1v) is 8.22. The summed E-state index contributed by atoms with van der Waals surface area (Å²) in [6.07, 6.45) is 3.38. The number of anilines is 2. The second-order valence-corrected chi connectivity index (χ2v) is 5.82. The molecule has 20 heavy (non-hydrogen) atoms. The van der Waals surface area contributed by atoms with Crippen LogP contribution in [0.4, 0.5) is 11.6 Å². The van der Waals surface area contributed by atoms with Gasteiger partial charge in [0.15, 0.2) is 0 Å². The molecule has 2 rings (SSSR count). The highest BCUT2D eigenvalue weighted by molar-refractivity contribution is 7.10. The van der Waals surface area contributed by atoms with Crippen LogP contribution in [-0.2, 0) is 0 Å². The van der Waals surface area contributed by atoms with Crippen LogP contribution in [0.25, 0.3) is 0 Å². The van der Waals surface area contributed by atoms with Gasteiger partial charge in [0, 0.05) is 11.4 Å². The summed E-state index contributed by atoms with van der Waals surface area (Å²) in [5.74, 6) is 1.89. The van der Waals surface area contributed by atoms with Gasteiger partial charge in [0.25, 0.3) is 0 Å². The SMILES string of the molecule is CCCNc1cccc(NC(CCC)c2cccs2)n1. The van der Waals surface area contributed by atoms with E-state index in [-0.39, 0.29) is 0 Å². The average molecular weight is 289 g/mol. The van der Waals surface area contributed by atoms with E-state index in [1.54, 1.807) is 11.3 Å². The third-order valence-electron chi connectivity index (χ3n) is 3.09. The molecule has 0 radical (unpaired) electrons. The van der Waals surface area contributed by atoms with E-state index >= 15 is 0 Å². The number of hydrogen-bond acceptors (Lipinski definition) is 4. The van der Waals surface area contributed by atoms with E-state index in [4.69, 9.17) is 0 Å². The molecule has 0 saturated heterocycles. The van der Waals surface area contributed by atoms with Crippen molar-refractivity contribution in [2.75, 3.05) is 17.2 Å². The highest BCUT2D eigenvalue weighted by Crippen LogP contribution is 2.27. The number of pyridine rings is 1. The molecule has 0 fully saturated rings. The zero-order valence-corrected chi connectivity index (χ0v) is 13.0. The van der Waals surface area contributed by atoms with Crippen LogP contribution in [0.5, 0.6) is 0 Å². The lowest BCUT2D eigenvalue weighted by Gasteiger charge is -2.18. The highest BCUT2D eigenvalue weighted by Gasteiger charge is 2.12. The maximum Gasteiger partial charge on any atom is 0.128 e. The third-order valence-corrected chi connectivity index (χ3v) is 4.08. The van der Waals surface area contributed by atoms with Gasteiger partial charge in [-0.25, -0.2) is 4.98 Å². The molecular formula is C16H23N3S. The van der Waals surface area contributed by atoms with Crippen molar-refractivity contribution in [1.29, 1.82) is 0 Å². The largest absolute Gasteiger partial charge is 0.370 e. The lowest BCUT2D eigenvalue weighted by atomic mass is 10.1. The first-order valence-electron chi connectivity index (χ1n) is 7.34. The summed E-state index contributed by atoms with van der Waals surface area (Å²) in [6, 6.07) is 10.8. The number of aromatic nitrogens is 1. The molecule has 2 aromatic heterocycles. The quantitative estimate of drug-likeness (QED) is 0.724. The van der Waals surface area contributed by atoms with Gasteiger partial charge in [-0.2, -0.15) is 0 Å². The van der Waals surface area contributed by atoms with Crippen molar-refractivity contribution in [2.45, 2.75) is 39.2 Å². The summed E-state index contributed by atoms with van der Waals surface area (Å²) in [7, 11) is 0. The molecule has 0 aromatic carbocycles. The fourth-order valence-corrected chi connectivity index (χ4v) is 2.92. The Kier molecular flexibility index (Phi) is 5.87. The predicted octanol–water partition coefficient (Wildman–Crippen LogP) is 4.92. The van der Waals surface area contributed by atoms with Crippen molar-refractivity contribution in [1.82, 2.24) is 4.98 Å². The van der Waals surface area contributed by atoms with E-state index < -0.39 is 0 Å². The van der Waals surface area contributed by atoms with Gasteiger partial charge in [-0.15, -0.1) is 11.3 Å². The minimum atomic E-state index is 0.355. The van der Waals surface area contributed by atoms with Gasteiger partial charge in [-0.1, -0.05) is 32.4 Å². The van der Waals surface area contributed by atoms with Crippen molar-refractivity contribution in [3.63, 3.8) is 0 Å². The molecule has 3 nitrogen and oxygen atoms in total. The highest BCUT2D eigenvalue weighted by atomic mass is 32.1. The van der Waals surface area contributed by atoms with Gasteiger partial charge in [-0.3, -0.25) is 0 Å². The molecule has 0 aliphatic rings. The number of nitrogens with one attached hydrogen (secondary N) is 2. The van der Waals surface area contributed by atoms with Gasteiger partial charge < -0.3 is 10.6 Å². The summed E-state index contributed by atoms with van der Waals surface area (Å²) < 4.78 is 0. The topological polar surface area (TPSA) is 37.0 Å². The van der Waals surface area contributed by atoms with Crippen LogP contribution in [0.3, 0.4) is 0 Å². The van der Waals surface area contributed by atoms with Crippen molar-refractivity contribution in [3.8, 4) is 0 Å². The van der Waals surface area contributed by atoms with E-state index in [0.717, 1.165) is 37.4 Å². The van der Waals surface area contributed by atoms with Crippen LogP contribution in [0.2, 0.25) is 0 Å². The van der Waals surface area contributed by atoms with Crippen LogP contribution >= 0.6 is 11.3 Å². The predicted molar refractivity (Wildman–Crippen MR) is 88.6 cm³/mol. The Morgan fingerprint density at radius 1 is 1.10 bits per heavy atom. The van der Waals surface area contributed by atoms with Crippen LogP contribution in [0, 0.1) is 0 Å². The van der Waals surface area contributed by atoms with Crippen LogP contribution in [0.1, 0.15) is 44.0 Å². The first-order chi connectivity index (χ1) is 9.83. The molecule has 2 aromatic rings.